The van der Waals surface area contributed by atoms with Crippen LogP contribution in [0.4, 0.5) is 0 Å². The molecule has 0 radical (unpaired) electrons. The standard InChI is InChI=1S/C8H10N4O/c1-4-5(2)7-8(9-6(4)3)12(13)11-10-7/h13H,1-3H3. The van der Waals surface area contributed by atoms with Crippen molar-refractivity contribution in [2.45, 2.75) is 20.8 Å². The van der Waals surface area contributed by atoms with Gasteiger partial charge in [-0.25, -0.2) is 4.98 Å². The average molecular weight is 178 g/mol. The Kier molecular flexibility index (Phi) is 1.48. The Bertz CT molecular complexity index is 474. The molecule has 0 unspecified atom stereocenters. The van der Waals surface area contributed by atoms with E-state index in [-0.39, 0.29) is 0 Å². The third-order valence-corrected chi connectivity index (χ3v) is 2.36. The maximum atomic E-state index is 9.23. The van der Waals surface area contributed by atoms with Gasteiger partial charge in [-0.05, 0) is 37.1 Å². The fourth-order valence-corrected chi connectivity index (χ4v) is 1.30. The van der Waals surface area contributed by atoms with E-state index in [9.17, 15) is 5.21 Å². The van der Waals surface area contributed by atoms with Crippen LogP contribution in [0.1, 0.15) is 16.8 Å². The summed E-state index contributed by atoms with van der Waals surface area (Å²) in [7, 11) is 0. The molecule has 2 aromatic rings. The van der Waals surface area contributed by atoms with Crippen molar-refractivity contribution in [2.75, 3.05) is 0 Å². The van der Waals surface area contributed by atoms with Gasteiger partial charge in [-0.2, -0.15) is 0 Å². The zero-order chi connectivity index (χ0) is 9.59. The molecule has 0 aliphatic carbocycles. The van der Waals surface area contributed by atoms with Gasteiger partial charge in [0.1, 0.15) is 5.52 Å². The molecule has 2 aromatic heterocycles. The Morgan fingerprint density at radius 1 is 1.15 bits per heavy atom. The van der Waals surface area contributed by atoms with E-state index in [2.05, 4.69) is 15.3 Å². The van der Waals surface area contributed by atoms with Crippen molar-refractivity contribution in [3.8, 4) is 0 Å². The van der Waals surface area contributed by atoms with Crippen molar-refractivity contribution < 1.29 is 5.21 Å². The average Bonchev–Trinajstić information content (AvgIpc) is 2.45. The topological polar surface area (TPSA) is 63.8 Å². The first kappa shape index (κ1) is 7.97. The Morgan fingerprint density at radius 2 is 1.85 bits per heavy atom. The zero-order valence-corrected chi connectivity index (χ0v) is 7.74. The summed E-state index contributed by atoms with van der Waals surface area (Å²) < 4.78 is 0. The first-order valence-corrected chi connectivity index (χ1v) is 3.99. The molecule has 5 nitrogen and oxygen atoms in total. The Balaban J connectivity index is 2.96. The highest BCUT2D eigenvalue weighted by atomic mass is 16.5. The van der Waals surface area contributed by atoms with Gasteiger partial charge in [-0.1, -0.05) is 4.85 Å². The van der Waals surface area contributed by atoms with Crippen LogP contribution in [-0.2, 0) is 0 Å². The van der Waals surface area contributed by atoms with Crippen LogP contribution in [0, 0.1) is 20.8 Å². The second kappa shape index (κ2) is 2.42. The van der Waals surface area contributed by atoms with Crippen molar-refractivity contribution >= 4 is 11.2 Å². The molecule has 0 aliphatic rings. The maximum absolute atomic E-state index is 9.23. The Hall–Kier alpha value is -1.65. The smallest absolute Gasteiger partial charge is 0.219 e. The molecule has 0 saturated carbocycles. The van der Waals surface area contributed by atoms with Crippen LogP contribution < -0.4 is 0 Å². The molecule has 1 N–H and O–H groups in total. The number of aromatic nitrogens is 4. The first-order valence-electron chi connectivity index (χ1n) is 3.99. The molecule has 0 saturated heterocycles. The predicted octanol–water partition coefficient (Wildman–Crippen LogP) is 0.989. The summed E-state index contributed by atoms with van der Waals surface area (Å²) in [4.78, 5) is 4.89. The summed E-state index contributed by atoms with van der Waals surface area (Å²) in [6.45, 7) is 5.82. The summed E-state index contributed by atoms with van der Waals surface area (Å²) in [6, 6.07) is 0. The number of aryl methyl sites for hydroxylation is 2. The minimum atomic E-state index is 0.417. The number of rotatable bonds is 0. The van der Waals surface area contributed by atoms with Crippen molar-refractivity contribution in [3.63, 3.8) is 0 Å². The highest BCUT2D eigenvalue weighted by Gasteiger charge is 2.11. The predicted molar refractivity (Wildman–Crippen MR) is 46.7 cm³/mol. The van der Waals surface area contributed by atoms with Gasteiger partial charge in [0.05, 0.1) is 0 Å². The molecule has 0 amide bonds. The maximum Gasteiger partial charge on any atom is 0.219 e. The number of pyridine rings is 1. The van der Waals surface area contributed by atoms with Gasteiger partial charge in [0, 0.05) is 5.69 Å². The molecule has 2 rings (SSSR count). The second-order valence-corrected chi connectivity index (χ2v) is 3.10. The van der Waals surface area contributed by atoms with E-state index in [0.29, 0.717) is 16.0 Å². The monoisotopic (exact) mass is 178 g/mol. The van der Waals surface area contributed by atoms with Gasteiger partial charge in [0.25, 0.3) is 0 Å². The van der Waals surface area contributed by atoms with Gasteiger partial charge >= 0.3 is 0 Å². The van der Waals surface area contributed by atoms with Crippen molar-refractivity contribution in [1.82, 2.24) is 20.1 Å². The number of fused-ring (bicyclic) bond motifs is 1. The van der Waals surface area contributed by atoms with E-state index in [1.54, 1.807) is 0 Å². The Labute approximate surface area is 75.0 Å². The van der Waals surface area contributed by atoms with Crippen molar-refractivity contribution in [3.05, 3.63) is 16.8 Å². The summed E-state index contributed by atoms with van der Waals surface area (Å²) in [5, 5.41) is 16.6. The normalized spacial score (nSPS) is 11.0. The van der Waals surface area contributed by atoms with E-state index in [0.717, 1.165) is 16.8 Å². The van der Waals surface area contributed by atoms with Gasteiger partial charge in [-0.3, -0.25) is 0 Å². The molecule has 2 heterocycles. The highest BCUT2D eigenvalue weighted by molar-refractivity contribution is 5.75. The van der Waals surface area contributed by atoms with Crippen molar-refractivity contribution in [1.29, 1.82) is 0 Å². The summed E-state index contributed by atoms with van der Waals surface area (Å²) in [5.41, 5.74) is 4.07. The molecule has 0 atom stereocenters. The van der Waals surface area contributed by atoms with Crippen molar-refractivity contribution in [2.24, 2.45) is 0 Å². The summed E-state index contributed by atoms with van der Waals surface area (Å²) in [5.74, 6) is 0. The minimum absolute atomic E-state index is 0.417. The lowest BCUT2D eigenvalue weighted by Crippen LogP contribution is -1.97. The Morgan fingerprint density at radius 3 is 2.54 bits per heavy atom. The van der Waals surface area contributed by atoms with E-state index in [4.69, 9.17) is 0 Å². The molecule has 68 valence electrons. The molecule has 0 aliphatic heterocycles. The summed E-state index contributed by atoms with van der Waals surface area (Å²) >= 11 is 0. The van der Waals surface area contributed by atoms with Crippen LogP contribution >= 0.6 is 0 Å². The summed E-state index contributed by atoms with van der Waals surface area (Å²) in [6.07, 6.45) is 0. The van der Waals surface area contributed by atoms with Crippen LogP contribution in [0.2, 0.25) is 0 Å². The molecule has 13 heavy (non-hydrogen) atoms. The lowest BCUT2D eigenvalue weighted by atomic mass is 10.1. The van der Waals surface area contributed by atoms with Crippen LogP contribution in [0.15, 0.2) is 0 Å². The molecule has 0 aromatic carbocycles. The van der Waals surface area contributed by atoms with Crippen LogP contribution in [0.25, 0.3) is 11.2 Å². The zero-order valence-electron chi connectivity index (χ0n) is 7.74. The van der Waals surface area contributed by atoms with Gasteiger partial charge in [0.2, 0.25) is 5.65 Å². The van der Waals surface area contributed by atoms with Crippen LogP contribution in [-0.4, -0.2) is 25.3 Å². The SMILES string of the molecule is Cc1nc2c(nnn2O)c(C)c1C. The quantitative estimate of drug-likeness (QED) is 0.611. The van der Waals surface area contributed by atoms with E-state index in [1.807, 2.05) is 20.8 Å². The van der Waals surface area contributed by atoms with E-state index < -0.39 is 0 Å². The second-order valence-electron chi connectivity index (χ2n) is 3.10. The molecule has 0 bridgehead atoms. The third-order valence-electron chi connectivity index (χ3n) is 2.36. The van der Waals surface area contributed by atoms with Gasteiger partial charge in [0.15, 0.2) is 0 Å². The van der Waals surface area contributed by atoms with Gasteiger partial charge in [-0.15, -0.1) is 5.10 Å². The fraction of sp³-hybridized carbons (Fsp3) is 0.375. The van der Waals surface area contributed by atoms with Crippen LogP contribution in [0.3, 0.4) is 0 Å². The molecular weight excluding hydrogens is 168 g/mol. The van der Waals surface area contributed by atoms with Crippen LogP contribution in [0.5, 0.6) is 0 Å². The first-order chi connectivity index (χ1) is 6.11. The number of hydrogen-bond donors (Lipinski definition) is 1. The number of nitrogens with zero attached hydrogens (tertiary/aromatic N) is 4. The van der Waals surface area contributed by atoms with Gasteiger partial charge < -0.3 is 5.21 Å². The molecule has 5 heteroatoms. The minimum Gasteiger partial charge on any atom is -0.409 e. The number of hydrogen-bond acceptors (Lipinski definition) is 4. The molecular formula is C8H10N4O. The fourth-order valence-electron chi connectivity index (χ4n) is 1.30. The molecule has 0 fully saturated rings. The van der Waals surface area contributed by atoms with E-state index >= 15 is 0 Å². The van der Waals surface area contributed by atoms with E-state index in [1.165, 1.54) is 0 Å². The lowest BCUT2D eigenvalue weighted by molar-refractivity contribution is 0.153. The largest absolute Gasteiger partial charge is 0.409 e. The highest BCUT2D eigenvalue weighted by Crippen LogP contribution is 2.18. The lowest BCUT2D eigenvalue weighted by Gasteiger charge is -2.02. The third kappa shape index (κ3) is 0.965. The molecule has 0 spiro atoms.